The first-order chi connectivity index (χ1) is 68.3. The van der Waals surface area contributed by atoms with Crippen LogP contribution in [0.1, 0.15) is 140 Å². The fourth-order valence-corrected chi connectivity index (χ4v) is 21.6. The molecule has 0 aliphatic carbocycles. The molecule has 41 heteroatoms. The number of aromatic nitrogens is 9. The average Bonchev–Trinajstić information content (AvgIpc) is 1.55. The Bertz CT molecular complexity index is 8170. The van der Waals surface area contributed by atoms with Crippen LogP contribution in [0.3, 0.4) is 0 Å². The smallest absolute Gasteiger partial charge is 0.478 e. The van der Waals surface area contributed by atoms with E-state index in [-0.39, 0.29) is 111 Å². The Morgan fingerprint density at radius 1 is 0.448 bits per heavy atom. The van der Waals surface area contributed by atoms with Crippen molar-refractivity contribution in [2.24, 2.45) is 0 Å². The minimum absolute atomic E-state index is 0.00844. The fourth-order valence-electron chi connectivity index (χ4n) is 15.0. The second-order valence-electron chi connectivity index (χ2n) is 33.1. The second kappa shape index (κ2) is 44.9. The summed E-state index contributed by atoms with van der Waals surface area (Å²) in [6.45, 7) is 8.01. The lowest BCUT2D eigenvalue weighted by Crippen LogP contribution is -2.41. The van der Waals surface area contributed by atoms with E-state index in [1.807, 2.05) is 80.6 Å². The van der Waals surface area contributed by atoms with Crippen molar-refractivity contribution in [1.82, 2.24) is 41.6 Å². The number of aromatic amines is 1. The van der Waals surface area contributed by atoms with E-state index in [9.17, 15) is 91.4 Å². The van der Waals surface area contributed by atoms with Gasteiger partial charge in [-0.1, -0.05) is 60.7 Å². The summed E-state index contributed by atoms with van der Waals surface area (Å²) in [4.78, 5) is 133. The maximum Gasteiger partial charge on any atom is 0.505 e. The first-order valence-electron chi connectivity index (χ1n) is 43.5. The van der Waals surface area contributed by atoms with E-state index >= 15 is 0 Å². The molecule has 18 rings (SSSR count). The maximum absolute atomic E-state index is 13.7. The van der Waals surface area contributed by atoms with Crippen molar-refractivity contribution in [1.29, 1.82) is 0 Å². The number of hydrogen-bond donors (Lipinski definition) is 3. The zero-order valence-electron chi connectivity index (χ0n) is 76.9. The molecule has 143 heavy (non-hydrogen) atoms. The van der Waals surface area contributed by atoms with Gasteiger partial charge < -0.3 is 47.7 Å². The first-order valence-corrected chi connectivity index (χ1v) is 49.9. The molecule has 734 valence electrons. The van der Waals surface area contributed by atoms with Gasteiger partial charge in [-0.15, -0.1) is 34.0 Å². The second-order valence-corrected chi connectivity index (χ2v) is 41.4. The van der Waals surface area contributed by atoms with Crippen molar-refractivity contribution in [3.05, 3.63) is 396 Å². The number of hydrogen-bond acceptors (Lipinski definition) is 24. The van der Waals surface area contributed by atoms with Crippen molar-refractivity contribution in [2.75, 3.05) is 21.3 Å². The summed E-state index contributed by atoms with van der Waals surface area (Å²) in [5.74, 6) is -9.09. The molecule has 0 unspecified atom stereocenters. The number of nitrogens with zero attached hydrogens (tertiary/aromatic N) is 8. The topological polar surface area (TPSA) is 378 Å². The molecule has 1 aliphatic rings. The van der Waals surface area contributed by atoms with E-state index in [2.05, 4.69) is 24.7 Å². The summed E-state index contributed by atoms with van der Waals surface area (Å²) >= 11 is 6.35. The van der Waals surface area contributed by atoms with Crippen LogP contribution in [-0.2, 0) is 77.7 Å². The van der Waals surface area contributed by atoms with E-state index in [1.165, 1.54) is 178 Å². The predicted molar refractivity (Wildman–Crippen MR) is 537 cm³/mol. The minimum atomic E-state index is -4.04. The van der Waals surface area contributed by atoms with Gasteiger partial charge in [0.2, 0.25) is 0 Å². The molecule has 3 N–H and O–H groups in total. The lowest BCUT2D eigenvalue weighted by molar-refractivity contribution is 0.00578. The van der Waals surface area contributed by atoms with Crippen LogP contribution in [0.2, 0.25) is 0 Å². The summed E-state index contributed by atoms with van der Waals surface area (Å²) in [5.41, 5.74) is 1.76. The molecular formula is C102H85BF6IN9O19S5. The van der Waals surface area contributed by atoms with Crippen LogP contribution < -0.4 is 21.5 Å². The fraction of sp³-hybridized carbons (Fsp3) is 0.176. The summed E-state index contributed by atoms with van der Waals surface area (Å²) in [5, 5.41) is 17.9. The van der Waals surface area contributed by atoms with Gasteiger partial charge in [-0.2, -0.15) is 0 Å². The Kier molecular flexibility index (Phi) is 32.8. The van der Waals surface area contributed by atoms with Gasteiger partial charge in [0.15, 0.2) is 63.5 Å². The standard InChI is InChI=1S/C34H25F2N3O6S2.C27H19F2N3O4S.C25H26BF2NO4S.C15H11IN2O4S.CH4O/c1-45-34(42)22-17-26-27(20-39(32(26)37-18-22)47(43,44)24-6-3-2-4-7-24)31-14-11-23(46-31)10-13-30(40)25-8-5-15-38(33(25)41)19-21-9-12-28(35)29(36)16-21;28-21-6-3-15(10-22(21)29)14-32-9-1-2-18(26(32)34)23(33)7-4-17-5-8-24(37-17)20-13-31-25-19(20)11-16(12-30-25)27(35)36;1-24(2)25(3,4)33-26(32-24)22-12-9-17(34-22)8-11-21(30)18-6-5-13-29(23(18)31)15-16-7-10-19(27)20(28)14-16;1-22-15(19)10-7-12-13(16)9-18(14(12)17-8-10)23(20,21)11-5-3-2-4-6-11;1-2/h2-9,11-12,14-18,20H,10,13,19H2,1H3;1-3,5-6,8-13H,4,7,14H2,(H,30,31)(H,35,36);5-7,9-10,12-14H,8,11,15H2,1-4H3;2-9H,1H3;2H,1H3. The zero-order chi connectivity index (χ0) is 103. The van der Waals surface area contributed by atoms with Gasteiger partial charge in [0, 0.05) is 142 Å². The highest BCUT2D eigenvalue weighted by atomic mass is 127. The molecule has 5 aromatic carbocycles. The number of aliphatic hydroxyl groups excluding tert-OH is 1. The Balaban J connectivity index is 0.000000154. The molecule has 0 spiro atoms. The average molecular weight is 2150 g/mol. The summed E-state index contributed by atoms with van der Waals surface area (Å²) in [7, 11) is -4.72. The normalized spacial score (nSPS) is 12.6. The number of aromatic carboxylic acids is 1. The molecule has 12 aromatic heterocycles. The number of carboxylic acid groups (broad SMARTS) is 1. The number of Topliss-reactive ketones (excluding diaryl/α,β-unsaturated/α-hetero) is 3. The van der Waals surface area contributed by atoms with Crippen molar-refractivity contribution in [3.63, 3.8) is 0 Å². The van der Waals surface area contributed by atoms with Gasteiger partial charge in [-0.25, -0.2) is 80.5 Å². The Hall–Kier alpha value is -14.3. The highest BCUT2D eigenvalue weighted by Gasteiger charge is 2.52. The third-order valence-corrected chi connectivity index (χ3v) is 30.9. The molecule has 0 bridgehead atoms. The monoisotopic (exact) mass is 2150 g/mol. The number of carboxylic acids is 1. The molecule has 0 saturated carbocycles. The number of pyridine rings is 6. The van der Waals surface area contributed by atoms with Crippen LogP contribution >= 0.6 is 56.6 Å². The van der Waals surface area contributed by atoms with Crippen LogP contribution in [0.15, 0.2) is 286 Å². The Morgan fingerprint density at radius 2 is 0.825 bits per heavy atom. The third kappa shape index (κ3) is 23.7. The number of nitrogens with one attached hydrogen (secondary N) is 1. The van der Waals surface area contributed by atoms with Crippen molar-refractivity contribution >= 4 is 157 Å². The lowest BCUT2D eigenvalue weighted by atomic mass is 9.88. The van der Waals surface area contributed by atoms with Crippen LogP contribution in [0.4, 0.5) is 26.3 Å². The Labute approximate surface area is 838 Å². The van der Waals surface area contributed by atoms with Crippen LogP contribution in [0, 0.1) is 38.5 Å². The van der Waals surface area contributed by atoms with Gasteiger partial charge in [-0.05, 0) is 232 Å². The number of esters is 2. The summed E-state index contributed by atoms with van der Waals surface area (Å²) in [6.07, 6.45) is 14.6. The number of thiophene rings is 3. The van der Waals surface area contributed by atoms with Gasteiger partial charge in [0.25, 0.3) is 36.7 Å². The van der Waals surface area contributed by atoms with Crippen molar-refractivity contribution < 1.29 is 101 Å². The molecule has 0 radical (unpaired) electrons. The van der Waals surface area contributed by atoms with Crippen molar-refractivity contribution in [2.45, 2.75) is 107 Å². The molecule has 28 nitrogen and oxygen atoms in total. The van der Waals surface area contributed by atoms with E-state index < -0.39 is 108 Å². The number of benzene rings is 5. The predicted octanol–water partition coefficient (Wildman–Crippen LogP) is 18.0. The number of halogens is 7. The van der Waals surface area contributed by atoms with Gasteiger partial charge in [0.05, 0.1) is 88.2 Å². The highest BCUT2D eigenvalue weighted by molar-refractivity contribution is 14.1. The van der Waals surface area contributed by atoms with Gasteiger partial charge in [0.1, 0.15) is 5.65 Å². The van der Waals surface area contributed by atoms with E-state index in [1.54, 1.807) is 79.0 Å². The van der Waals surface area contributed by atoms with Crippen LogP contribution in [0.25, 0.3) is 54.0 Å². The quantitative estimate of drug-likeness (QED) is 0.0135. The molecule has 1 fully saturated rings. The number of H-pyrrole nitrogens is 1. The maximum atomic E-state index is 13.7. The van der Waals surface area contributed by atoms with E-state index in [0.717, 1.165) is 81.3 Å². The van der Waals surface area contributed by atoms with Gasteiger partial charge >= 0.3 is 25.0 Å². The Morgan fingerprint density at radius 3 is 1.24 bits per heavy atom. The number of ketones is 3. The van der Waals surface area contributed by atoms with Crippen LogP contribution in [-0.4, -0.2) is 144 Å². The molecule has 17 aromatic rings. The highest BCUT2D eigenvalue weighted by Crippen LogP contribution is 2.41. The lowest BCUT2D eigenvalue weighted by Gasteiger charge is -2.32. The minimum Gasteiger partial charge on any atom is -0.478 e. The SMILES string of the molecule is CC1(C)OB(c2ccc(CCC(=O)c3cccn(Cc4ccc(F)c(F)c4)c3=O)s2)OC1(C)C.CO.COC(=O)c1cnc2c(c1)c(-c1ccc(CCC(=O)c3cccn(Cc4ccc(F)c(F)c4)c3=O)s1)cn2S(=O)(=O)c1ccccc1.COC(=O)c1cnc2c(c1)c(I)cn2S(=O)(=O)c1ccccc1.O=C(O)c1cnc2[nH]cc(-c3ccc(CCC(=O)c4cccn(Cc5ccc(F)c(F)c5)c4=O)s3)c2c1. The number of rotatable bonds is 28. The number of aryl methyl sites for hydroxylation is 3. The zero-order valence-corrected chi connectivity index (χ0v) is 83.1. The largest absolute Gasteiger partial charge is 0.505 e. The van der Waals surface area contributed by atoms with E-state index in [0.29, 0.717) is 71.8 Å². The van der Waals surface area contributed by atoms with Crippen LogP contribution in [0.5, 0.6) is 0 Å². The number of aliphatic hydroxyl groups is 1. The molecule has 0 amide bonds. The summed E-state index contributed by atoms with van der Waals surface area (Å²) in [6, 6.07) is 51.4. The molecule has 1 saturated heterocycles. The summed E-state index contributed by atoms with van der Waals surface area (Å²) < 4.78 is 162. The van der Waals surface area contributed by atoms with Gasteiger partial charge in [-0.3, -0.25) is 28.8 Å². The number of carbonyl (C=O) groups excluding carboxylic acids is 5. The molecule has 0 atom stereocenters. The first kappa shape index (κ1) is 105. The third-order valence-electron chi connectivity index (χ3n) is 23.2. The molecular weight excluding hydrogens is 2070 g/mol. The number of methoxy groups -OCH3 is 2. The number of fused-ring (bicyclic) bond motifs is 3. The molecule has 1 aliphatic heterocycles. The van der Waals surface area contributed by atoms with Crippen molar-refractivity contribution in [3.8, 4) is 20.9 Å². The molecule has 13 heterocycles. The van der Waals surface area contributed by atoms with E-state index in [4.69, 9.17) is 19.2 Å². The number of ether oxygens (including phenoxy) is 2. The number of carbonyl (C=O) groups is 6.